The van der Waals surface area contributed by atoms with E-state index < -0.39 is 70.2 Å². The van der Waals surface area contributed by atoms with Crippen molar-refractivity contribution in [3.63, 3.8) is 0 Å². The van der Waals surface area contributed by atoms with Crippen LogP contribution in [0.15, 0.2) is 12.4 Å². The van der Waals surface area contributed by atoms with Gasteiger partial charge < -0.3 is 14.2 Å². The van der Waals surface area contributed by atoms with E-state index in [-0.39, 0.29) is 0 Å². The number of hydrogen-bond acceptors (Lipinski definition) is 7. The minimum atomic E-state index is -6.72. The van der Waals surface area contributed by atoms with Crippen LogP contribution in [0, 0.1) is 0 Å². The Bertz CT molecular complexity index is 776. The van der Waals surface area contributed by atoms with Crippen LogP contribution in [0.3, 0.4) is 0 Å². The maximum absolute atomic E-state index is 13.4. The predicted molar refractivity (Wildman–Crippen MR) is 78.4 cm³/mol. The fraction of sp³-hybridized carbons (Fsp3) is 0.692. The largest absolute Gasteiger partial charge is 0.468 e. The van der Waals surface area contributed by atoms with E-state index in [1.165, 1.54) is 0 Å². The van der Waals surface area contributed by atoms with Gasteiger partial charge in [-0.25, -0.2) is 9.59 Å². The fourth-order valence-corrected chi connectivity index (χ4v) is 2.00. The summed E-state index contributed by atoms with van der Waals surface area (Å²) < 4.78 is 146. The number of carbonyl (C=O) groups is 2. The number of halogens is 8. The molecule has 0 radical (unpaired) electrons. The van der Waals surface area contributed by atoms with Gasteiger partial charge in [0.25, 0.3) is 0 Å². The van der Waals surface area contributed by atoms with Gasteiger partial charge >= 0.3 is 45.2 Å². The maximum atomic E-state index is 13.4. The lowest BCUT2D eigenvalue weighted by Gasteiger charge is -2.33. The Balaban J connectivity index is 6.03. The topological polar surface area (TPSA) is 116 Å². The van der Waals surface area contributed by atoms with Gasteiger partial charge in [-0.05, 0) is 13.8 Å². The highest BCUT2D eigenvalue weighted by atomic mass is 32.2. The molecule has 0 saturated heterocycles. The first-order chi connectivity index (χ1) is 13.1. The van der Waals surface area contributed by atoms with Crippen LogP contribution in [0.2, 0.25) is 0 Å². The average molecular weight is 482 g/mol. The second-order valence-corrected chi connectivity index (χ2v) is 7.12. The van der Waals surface area contributed by atoms with Crippen molar-refractivity contribution in [2.45, 2.75) is 49.5 Å². The Hall–Kier alpha value is -2.01. The molecule has 1 N–H and O–H groups in total. The van der Waals surface area contributed by atoms with Gasteiger partial charge in [-0.1, -0.05) is 6.58 Å². The van der Waals surface area contributed by atoms with Gasteiger partial charge in [-0.15, -0.1) is 0 Å². The van der Waals surface area contributed by atoms with Crippen LogP contribution in [0.4, 0.5) is 35.1 Å². The molecule has 0 amide bonds. The fourth-order valence-electron chi connectivity index (χ4n) is 1.52. The van der Waals surface area contributed by atoms with Gasteiger partial charge in [-0.3, -0.25) is 4.55 Å². The third kappa shape index (κ3) is 6.00. The van der Waals surface area contributed by atoms with Gasteiger partial charge in [0.05, 0.1) is 12.7 Å². The molecule has 30 heavy (non-hydrogen) atoms. The quantitative estimate of drug-likeness (QED) is 0.166. The number of alkyl halides is 7. The van der Waals surface area contributed by atoms with E-state index >= 15 is 0 Å². The van der Waals surface area contributed by atoms with Crippen LogP contribution in [-0.4, -0.2) is 60.8 Å². The molecule has 0 spiro atoms. The Morgan fingerprint density at radius 3 is 1.87 bits per heavy atom. The lowest BCUT2D eigenvalue weighted by Crippen LogP contribution is -2.59. The van der Waals surface area contributed by atoms with Crippen LogP contribution in [0.5, 0.6) is 0 Å². The molecule has 0 aromatic heterocycles. The molecule has 0 rings (SSSR count). The van der Waals surface area contributed by atoms with E-state index in [9.17, 15) is 53.1 Å². The first-order valence-electron chi connectivity index (χ1n) is 7.34. The third-order valence-corrected chi connectivity index (χ3v) is 3.86. The van der Waals surface area contributed by atoms with Crippen molar-refractivity contribution in [3.05, 3.63) is 12.4 Å². The molecular weight excluding hydrogens is 468 g/mol. The van der Waals surface area contributed by atoms with E-state index in [4.69, 9.17) is 4.55 Å². The molecule has 0 aromatic rings. The number of hydrogen-bond donors (Lipinski definition) is 1. The maximum Gasteiger partial charge on any atom is 0.468 e. The smallest absolute Gasteiger partial charge is 0.458 e. The average Bonchev–Trinajstić information content (AvgIpc) is 2.50. The molecule has 0 aliphatic heterocycles. The summed E-state index contributed by atoms with van der Waals surface area (Å²) in [7, 11) is -6.72. The van der Waals surface area contributed by atoms with Crippen LogP contribution in [0.1, 0.15) is 20.3 Å². The van der Waals surface area contributed by atoms with Crippen molar-refractivity contribution in [3.8, 4) is 0 Å². The van der Waals surface area contributed by atoms with Crippen LogP contribution >= 0.6 is 0 Å². The van der Waals surface area contributed by atoms with E-state index in [1.807, 2.05) is 0 Å². The summed E-state index contributed by atoms with van der Waals surface area (Å²) in [6, 6.07) is 0. The molecule has 8 nitrogen and oxygen atoms in total. The van der Waals surface area contributed by atoms with Crippen molar-refractivity contribution >= 4 is 22.1 Å². The standard InChI is InChI=1S/C13H14F8O8S/c1-6(2)28-9(23)11(12(17,18)19,29-8(22)7(3)14)27-5-4-10(15,16)13(20,21)30(24,25)26/h6H,3-5H2,1-2H3,(H,24,25,26). The third-order valence-electron chi connectivity index (χ3n) is 2.91. The zero-order valence-electron chi connectivity index (χ0n) is 14.9. The second kappa shape index (κ2) is 9.01. The Morgan fingerprint density at radius 2 is 1.53 bits per heavy atom. The summed E-state index contributed by atoms with van der Waals surface area (Å²) >= 11 is 0. The van der Waals surface area contributed by atoms with Crippen LogP contribution in [0.25, 0.3) is 0 Å². The van der Waals surface area contributed by atoms with Gasteiger partial charge in [-0.2, -0.15) is 43.5 Å². The molecule has 0 aliphatic rings. The van der Waals surface area contributed by atoms with Crippen LogP contribution in [-0.2, 0) is 33.9 Å². The SMILES string of the molecule is C=C(F)C(=O)OC(OCCC(F)(F)C(F)(F)S(=O)(=O)O)(C(=O)OC(C)C)C(F)(F)F. The Kier molecular flexibility index (Phi) is 8.40. The summed E-state index contributed by atoms with van der Waals surface area (Å²) in [5, 5.41) is -6.16. The Labute approximate surface area is 163 Å². The highest BCUT2D eigenvalue weighted by Crippen LogP contribution is 2.42. The molecule has 0 saturated carbocycles. The monoisotopic (exact) mass is 482 g/mol. The molecule has 1 atom stereocenters. The van der Waals surface area contributed by atoms with Crippen molar-refractivity contribution in [2.24, 2.45) is 0 Å². The molecule has 0 fully saturated rings. The molecule has 0 aromatic carbocycles. The van der Waals surface area contributed by atoms with Crippen molar-refractivity contribution < 1.29 is 71.9 Å². The van der Waals surface area contributed by atoms with Gasteiger partial charge in [0.15, 0.2) is 0 Å². The molecule has 0 bridgehead atoms. The van der Waals surface area contributed by atoms with Crippen molar-refractivity contribution in [1.82, 2.24) is 0 Å². The lowest BCUT2D eigenvalue weighted by molar-refractivity contribution is -0.358. The van der Waals surface area contributed by atoms with Crippen molar-refractivity contribution in [1.29, 1.82) is 0 Å². The lowest BCUT2D eigenvalue weighted by atomic mass is 10.2. The zero-order chi connectivity index (χ0) is 24.3. The van der Waals surface area contributed by atoms with Gasteiger partial charge in [0.2, 0.25) is 5.83 Å². The first-order valence-corrected chi connectivity index (χ1v) is 8.78. The number of carbonyl (C=O) groups excluding carboxylic acids is 2. The molecule has 0 heterocycles. The minimum absolute atomic E-state index is 0.996. The highest BCUT2D eigenvalue weighted by Gasteiger charge is 2.69. The van der Waals surface area contributed by atoms with Crippen molar-refractivity contribution in [2.75, 3.05) is 6.61 Å². The molecule has 0 aliphatic carbocycles. The summed E-state index contributed by atoms with van der Waals surface area (Å²) in [5.74, 6) is -17.9. The number of esters is 2. The second-order valence-electron chi connectivity index (χ2n) is 5.66. The predicted octanol–water partition coefficient (Wildman–Crippen LogP) is 2.75. The highest BCUT2D eigenvalue weighted by molar-refractivity contribution is 7.87. The Morgan fingerprint density at radius 1 is 1.07 bits per heavy atom. The first kappa shape index (κ1) is 28.0. The van der Waals surface area contributed by atoms with Crippen LogP contribution < -0.4 is 0 Å². The normalized spacial score (nSPS) is 15.5. The van der Waals surface area contributed by atoms with Gasteiger partial charge in [0.1, 0.15) is 0 Å². The van der Waals surface area contributed by atoms with E-state index in [1.54, 1.807) is 0 Å². The number of ether oxygens (including phenoxy) is 3. The molecule has 1 unspecified atom stereocenters. The minimum Gasteiger partial charge on any atom is -0.458 e. The summed E-state index contributed by atoms with van der Waals surface area (Å²) in [6.07, 6.45) is -10.0. The number of rotatable bonds is 10. The van der Waals surface area contributed by atoms with E-state index in [0.29, 0.717) is 0 Å². The van der Waals surface area contributed by atoms with E-state index in [2.05, 4.69) is 20.8 Å². The summed E-state index contributed by atoms with van der Waals surface area (Å²) in [5.41, 5.74) is 0. The summed E-state index contributed by atoms with van der Waals surface area (Å²) in [4.78, 5) is 23.0. The molecule has 17 heteroatoms. The molecular formula is C13H14F8O8S. The zero-order valence-corrected chi connectivity index (χ0v) is 15.8. The molecule has 176 valence electrons. The summed E-state index contributed by atoms with van der Waals surface area (Å²) in [6.45, 7) is 2.07. The van der Waals surface area contributed by atoms with E-state index in [0.717, 1.165) is 13.8 Å². The van der Waals surface area contributed by atoms with Gasteiger partial charge in [0, 0.05) is 6.42 Å².